The Balaban J connectivity index is 1.60. The topological polar surface area (TPSA) is 58.3 Å². The monoisotopic (exact) mass is 283 g/mol. The summed E-state index contributed by atoms with van der Waals surface area (Å²) >= 11 is 0. The van der Waals surface area contributed by atoms with Crippen LogP contribution in [0.15, 0.2) is 42.7 Å². The minimum absolute atomic E-state index is 0.438. The van der Waals surface area contributed by atoms with E-state index >= 15 is 0 Å². The molecule has 0 aliphatic carbocycles. The third-order valence-electron chi connectivity index (χ3n) is 3.87. The van der Waals surface area contributed by atoms with Gasteiger partial charge in [0.15, 0.2) is 5.82 Å². The molecule has 0 unspecified atom stereocenters. The fourth-order valence-electron chi connectivity index (χ4n) is 2.73. The summed E-state index contributed by atoms with van der Waals surface area (Å²) in [5.41, 5.74) is 8.00. The molecule has 0 bridgehead atoms. The fraction of sp³-hybridized carbons (Fsp3) is 0.375. The van der Waals surface area contributed by atoms with E-state index in [-0.39, 0.29) is 0 Å². The van der Waals surface area contributed by atoms with Gasteiger partial charge < -0.3 is 10.6 Å². The third kappa shape index (κ3) is 3.37. The van der Waals surface area contributed by atoms with Gasteiger partial charge in [0.05, 0.1) is 5.69 Å². The molecule has 110 valence electrons. The summed E-state index contributed by atoms with van der Waals surface area (Å²) < 4.78 is 0. The zero-order chi connectivity index (χ0) is 14.5. The number of hydrogen-bond donors (Lipinski definition) is 1. The van der Waals surface area contributed by atoms with E-state index in [4.69, 9.17) is 5.73 Å². The minimum atomic E-state index is 0.438. The van der Waals surface area contributed by atoms with Gasteiger partial charge in [-0.2, -0.15) is 0 Å². The van der Waals surface area contributed by atoms with Crippen molar-refractivity contribution in [1.29, 1.82) is 0 Å². The van der Waals surface area contributed by atoms with Crippen molar-refractivity contribution in [2.45, 2.75) is 13.1 Å². The van der Waals surface area contributed by atoms with Crippen molar-refractivity contribution in [1.82, 2.24) is 14.9 Å². The number of nitrogens with two attached hydrogens (primary N) is 1. The molecular formula is C16H21N5. The summed E-state index contributed by atoms with van der Waals surface area (Å²) in [6.45, 7) is 5.47. The van der Waals surface area contributed by atoms with Crippen molar-refractivity contribution in [2.24, 2.45) is 5.73 Å². The second-order valence-corrected chi connectivity index (χ2v) is 5.28. The lowest BCUT2D eigenvalue weighted by molar-refractivity contribution is 0.249. The quantitative estimate of drug-likeness (QED) is 0.915. The summed E-state index contributed by atoms with van der Waals surface area (Å²) in [6, 6.07) is 10.6. The van der Waals surface area contributed by atoms with E-state index in [2.05, 4.69) is 50.1 Å². The lowest BCUT2D eigenvalue weighted by Crippen LogP contribution is -2.46. The first kappa shape index (κ1) is 14.0. The minimum Gasteiger partial charge on any atom is -0.353 e. The number of benzene rings is 1. The lowest BCUT2D eigenvalue weighted by Gasteiger charge is -2.35. The molecule has 0 atom stereocenters. The fourth-order valence-corrected chi connectivity index (χ4v) is 2.73. The molecule has 0 spiro atoms. The van der Waals surface area contributed by atoms with Gasteiger partial charge in [-0.15, -0.1) is 0 Å². The van der Waals surface area contributed by atoms with E-state index in [9.17, 15) is 0 Å². The van der Waals surface area contributed by atoms with E-state index in [0.29, 0.717) is 6.54 Å². The zero-order valence-electron chi connectivity index (χ0n) is 12.2. The van der Waals surface area contributed by atoms with Crippen LogP contribution >= 0.6 is 0 Å². The highest BCUT2D eigenvalue weighted by atomic mass is 15.3. The van der Waals surface area contributed by atoms with Crippen LogP contribution in [0, 0.1) is 0 Å². The summed E-state index contributed by atoms with van der Waals surface area (Å²) in [5.74, 6) is 0.944. The smallest absolute Gasteiger partial charge is 0.151 e. The summed E-state index contributed by atoms with van der Waals surface area (Å²) in [4.78, 5) is 13.5. The van der Waals surface area contributed by atoms with Gasteiger partial charge in [-0.1, -0.05) is 30.3 Å². The Hall–Kier alpha value is -1.98. The first-order valence-electron chi connectivity index (χ1n) is 7.38. The van der Waals surface area contributed by atoms with Gasteiger partial charge in [-0.25, -0.2) is 4.98 Å². The van der Waals surface area contributed by atoms with Crippen LogP contribution in [0.3, 0.4) is 0 Å². The molecule has 1 saturated heterocycles. The van der Waals surface area contributed by atoms with Gasteiger partial charge in [-0.05, 0) is 5.56 Å². The Morgan fingerprint density at radius 1 is 0.952 bits per heavy atom. The molecule has 0 amide bonds. The standard InChI is InChI=1S/C16H21N5/c17-12-15-16(19-7-6-18-15)21-10-8-20(9-11-21)13-14-4-2-1-3-5-14/h1-7H,8-13,17H2. The first-order chi connectivity index (χ1) is 10.4. The van der Waals surface area contributed by atoms with Crippen LogP contribution in [0.1, 0.15) is 11.3 Å². The van der Waals surface area contributed by atoms with Crippen molar-refractivity contribution in [3.63, 3.8) is 0 Å². The zero-order valence-corrected chi connectivity index (χ0v) is 12.2. The molecule has 3 rings (SSSR count). The molecular weight excluding hydrogens is 262 g/mol. The average molecular weight is 283 g/mol. The molecule has 1 fully saturated rings. The van der Waals surface area contributed by atoms with Gasteiger partial charge in [0, 0.05) is 51.7 Å². The van der Waals surface area contributed by atoms with E-state index in [1.54, 1.807) is 12.4 Å². The SMILES string of the molecule is NCc1nccnc1N1CCN(Cc2ccccc2)CC1. The van der Waals surface area contributed by atoms with Crippen LogP contribution in [-0.4, -0.2) is 41.0 Å². The predicted molar refractivity (Wildman–Crippen MR) is 83.9 cm³/mol. The molecule has 1 aromatic heterocycles. The van der Waals surface area contributed by atoms with Crippen molar-refractivity contribution < 1.29 is 0 Å². The molecule has 5 heteroatoms. The summed E-state index contributed by atoms with van der Waals surface area (Å²) in [5, 5.41) is 0. The Bertz CT molecular complexity index is 564. The highest BCUT2D eigenvalue weighted by Gasteiger charge is 2.20. The third-order valence-corrected chi connectivity index (χ3v) is 3.87. The van der Waals surface area contributed by atoms with Crippen LogP contribution in [-0.2, 0) is 13.1 Å². The van der Waals surface area contributed by atoms with Crippen molar-refractivity contribution in [3.05, 3.63) is 54.0 Å². The van der Waals surface area contributed by atoms with Crippen LogP contribution in [0.2, 0.25) is 0 Å². The van der Waals surface area contributed by atoms with Crippen molar-refractivity contribution in [2.75, 3.05) is 31.1 Å². The number of nitrogens with zero attached hydrogens (tertiary/aromatic N) is 4. The maximum Gasteiger partial charge on any atom is 0.151 e. The number of hydrogen-bond acceptors (Lipinski definition) is 5. The second-order valence-electron chi connectivity index (χ2n) is 5.28. The second kappa shape index (κ2) is 6.65. The van der Waals surface area contributed by atoms with Gasteiger partial charge >= 0.3 is 0 Å². The van der Waals surface area contributed by atoms with Crippen LogP contribution in [0.5, 0.6) is 0 Å². The van der Waals surface area contributed by atoms with Crippen LogP contribution < -0.4 is 10.6 Å². The summed E-state index contributed by atoms with van der Waals surface area (Å²) in [6.07, 6.45) is 3.45. The molecule has 2 aromatic rings. The maximum atomic E-state index is 5.75. The Kier molecular flexibility index (Phi) is 4.43. The van der Waals surface area contributed by atoms with Crippen molar-refractivity contribution in [3.8, 4) is 0 Å². The molecule has 1 aliphatic heterocycles. The van der Waals surface area contributed by atoms with E-state index in [1.807, 2.05) is 0 Å². The van der Waals surface area contributed by atoms with Gasteiger partial charge in [0.2, 0.25) is 0 Å². The Morgan fingerprint density at radius 2 is 1.67 bits per heavy atom. The predicted octanol–water partition coefficient (Wildman–Crippen LogP) is 1.26. The van der Waals surface area contributed by atoms with E-state index < -0.39 is 0 Å². The molecule has 2 N–H and O–H groups in total. The van der Waals surface area contributed by atoms with Crippen LogP contribution in [0.4, 0.5) is 5.82 Å². The Morgan fingerprint density at radius 3 is 2.38 bits per heavy atom. The molecule has 5 nitrogen and oxygen atoms in total. The molecule has 1 aromatic carbocycles. The number of piperazine rings is 1. The van der Waals surface area contributed by atoms with Crippen LogP contribution in [0.25, 0.3) is 0 Å². The molecule has 21 heavy (non-hydrogen) atoms. The lowest BCUT2D eigenvalue weighted by atomic mass is 10.2. The van der Waals surface area contributed by atoms with E-state index in [1.165, 1.54) is 5.56 Å². The molecule has 0 saturated carbocycles. The number of anilines is 1. The highest BCUT2D eigenvalue weighted by molar-refractivity contribution is 5.43. The summed E-state index contributed by atoms with van der Waals surface area (Å²) in [7, 11) is 0. The number of aromatic nitrogens is 2. The Labute approximate surface area is 125 Å². The van der Waals surface area contributed by atoms with Gasteiger partial charge in [0.25, 0.3) is 0 Å². The van der Waals surface area contributed by atoms with Crippen molar-refractivity contribution >= 4 is 5.82 Å². The number of rotatable bonds is 4. The molecule has 2 heterocycles. The van der Waals surface area contributed by atoms with E-state index in [0.717, 1.165) is 44.2 Å². The average Bonchev–Trinajstić information content (AvgIpc) is 2.56. The maximum absolute atomic E-state index is 5.75. The highest BCUT2D eigenvalue weighted by Crippen LogP contribution is 2.17. The van der Waals surface area contributed by atoms with Gasteiger partial charge in [-0.3, -0.25) is 9.88 Å². The first-order valence-corrected chi connectivity index (χ1v) is 7.38. The molecule has 1 aliphatic rings. The molecule has 0 radical (unpaired) electrons. The largest absolute Gasteiger partial charge is 0.353 e. The van der Waals surface area contributed by atoms with Gasteiger partial charge in [0.1, 0.15) is 0 Å². The normalized spacial score (nSPS) is 16.1.